The zero-order chi connectivity index (χ0) is 24.7. The number of carbonyl (C=O) groups excluding carboxylic acids is 2. The molecule has 34 heavy (non-hydrogen) atoms. The molecule has 7 heteroatoms. The number of rotatable bonds is 10. The van der Waals surface area contributed by atoms with Gasteiger partial charge in [0, 0.05) is 26.6 Å². The highest BCUT2D eigenvalue weighted by molar-refractivity contribution is 5.81. The Morgan fingerprint density at radius 1 is 1.21 bits per heavy atom. The van der Waals surface area contributed by atoms with E-state index in [1.165, 1.54) is 12.1 Å². The molecule has 0 saturated heterocycles. The van der Waals surface area contributed by atoms with Gasteiger partial charge < -0.3 is 19.7 Å². The predicted molar refractivity (Wildman–Crippen MR) is 129 cm³/mol. The van der Waals surface area contributed by atoms with Crippen LogP contribution in [0.5, 0.6) is 5.75 Å². The Hall–Kier alpha value is -2.93. The van der Waals surface area contributed by atoms with Gasteiger partial charge in [-0.05, 0) is 59.7 Å². The maximum absolute atomic E-state index is 14.2. The summed E-state index contributed by atoms with van der Waals surface area (Å²) < 4.78 is 25.2. The lowest BCUT2D eigenvalue weighted by molar-refractivity contribution is -0.134. The van der Waals surface area contributed by atoms with Gasteiger partial charge in [0.05, 0.1) is 12.6 Å². The standard InChI is InChI=1S/C27H35FN2O4/c1-5-24(27(32)29-12-14-33-4)34-22-10-9-19-11-13-30(25(31)15-18(2)3)26(23(19)17-22)20-7-6-8-21(28)16-20/h6-10,16-18,24,26H,5,11-15H2,1-4H3,(H,29,32)/t24-,26+/m1/s1. The maximum atomic E-state index is 14.2. The Labute approximate surface area is 201 Å². The summed E-state index contributed by atoms with van der Waals surface area (Å²) in [6.45, 7) is 7.33. The number of carbonyl (C=O) groups is 2. The third-order valence-electron chi connectivity index (χ3n) is 5.96. The van der Waals surface area contributed by atoms with Crippen molar-refractivity contribution in [2.24, 2.45) is 5.92 Å². The zero-order valence-electron chi connectivity index (χ0n) is 20.5. The number of amides is 2. The lowest BCUT2D eigenvalue weighted by Gasteiger charge is -2.38. The first-order chi connectivity index (χ1) is 16.3. The molecule has 0 bridgehead atoms. The van der Waals surface area contributed by atoms with Gasteiger partial charge in [-0.3, -0.25) is 9.59 Å². The van der Waals surface area contributed by atoms with Crippen LogP contribution in [0.3, 0.4) is 0 Å². The Balaban J connectivity index is 1.93. The molecule has 0 radical (unpaired) electrons. The van der Waals surface area contributed by atoms with E-state index in [2.05, 4.69) is 5.32 Å². The van der Waals surface area contributed by atoms with Gasteiger partial charge >= 0.3 is 0 Å². The fourth-order valence-corrected chi connectivity index (χ4v) is 4.31. The van der Waals surface area contributed by atoms with Gasteiger partial charge in [0.2, 0.25) is 5.91 Å². The summed E-state index contributed by atoms with van der Waals surface area (Å²) in [4.78, 5) is 27.5. The van der Waals surface area contributed by atoms with E-state index in [1.54, 1.807) is 13.2 Å². The molecule has 0 spiro atoms. The highest BCUT2D eigenvalue weighted by Crippen LogP contribution is 2.38. The predicted octanol–water partition coefficient (Wildman–Crippen LogP) is 4.27. The molecule has 6 nitrogen and oxygen atoms in total. The third kappa shape index (κ3) is 6.35. The van der Waals surface area contributed by atoms with E-state index >= 15 is 0 Å². The zero-order valence-corrected chi connectivity index (χ0v) is 20.5. The SMILES string of the molecule is CC[C@@H](Oc1ccc2c(c1)[C@H](c1cccc(F)c1)N(C(=O)CC(C)C)CC2)C(=O)NCCOC. The highest BCUT2D eigenvalue weighted by Gasteiger charge is 2.33. The molecular weight excluding hydrogens is 435 g/mol. The van der Waals surface area contributed by atoms with Gasteiger partial charge in [-0.25, -0.2) is 4.39 Å². The van der Waals surface area contributed by atoms with Crippen LogP contribution in [-0.2, 0) is 20.7 Å². The Bertz CT molecular complexity index is 994. The third-order valence-corrected chi connectivity index (χ3v) is 5.96. The van der Waals surface area contributed by atoms with Gasteiger partial charge in [-0.15, -0.1) is 0 Å². The van der Waals surface area contributed by atoms with Crippen LogP contribution in [-0.4, -0.2) is 49.6 Å². The monoisotopic (exact) mass is 470 g/mol. The van der Waals surface area contributed by atoms with Crippen molar-refractivity contribution in [1.29, 1.82) is 0 Å². The Kier molecular flexibility index (Phi) is 9.05. The van der Waals surface area contributed by atoms with E-state index in [1.807, 2.05) is 49.9 Å². The van der Waals surface area contributed by atoms with E-state index in [0.29, 0.717) is 44.7 Å². The fraction of sp³-hybridized carbons (Fsp3) is 0.481. The second-order valence-corrected chi connectivity index (χ2v) is 9.05. The van der Waals surface area contributed by atoms with Crippen molar-refractivity contribution in [3.63, 3.8) is 0 Å². The number of halogens is 1. The summed E-state index contributed by atoms with van der Waals surface area (Å²) in [6, 6.07) is 11.7. The van der Waals surface area contributed by atoms with Gasteiger partial charge in [0.1, 0.15) is 11.6 Å². The molecule has 184 valence electrons. The summed E-state index contributed by atoms with van der Waals surface area (Å²) in [5.74, 6) is 0.274. The van der Waals surface area contributed by atoms with Gasteiger partial charge in [0.15, 0.2) is 6.10 Å². The molecule has 2 aromatic carbocycles. The summed E-state index contributed by atoms with van der Waals surface area (Å²) in [5, 5.41) is 2.81. The van der Waals surface area contributed by atoms with Crippen molar-refractivity contribution in [3.8, 4) is 5.75 Å². The number of nitrogens with one attached hydrogen (secondary N) is 1. The van der Waals surface area contributed by atoms with E-state index in [9.17, 15) is 14.0 Å². The molecule has 2 atom stereocenters. The Morgan fingerprint density at radius 2 is 2.00 bits per heavy atom. The smallest absolute Gasteiger partial charge is 0.261 e. The quantitative estimate of drug-likeness (QED) is 0.527. The largest absolute Gasteiger partial charge is 0.481 e. The summed E-state index contributed by atoms with van der Waals surface area (Å²) in [7, 11) is 1.58. The molecule has 0 fully saturated rings. The van der Waals surface area contributed by atoms with Crippen LogP contribution in [0, 0.1) is 11.7 Å². The minimum Gasteiger partial charge on any atom is -0.481 e. The second-order valence-electron chi connectivity index (χ2n) is 9.05. The van der Waals surface area contributed by atoms with Crippen LogP contribution in [0.1, 0.15) is 56.3 Å². The summed E-state index contributed by atoms with van der Waals surface area (Å²) in [6.07, 6.45) is 0.990. The van der Waals surface area contributed by atoms with Crippen LogP contribution in [0.2, 0.25) is 0 Å². The number of fused-ring (bicyclic) bond motifs is 1. The van der Waals surface area contributed by atoms with Crippen molar-refractivity contribution in [1.82, 2.24) is 10.2 Å². The number of nitrogens with zero attached hydrogens (tertiary/aromatic N) is 1. The number of ether oxygens (including phenoxy) is 2. The van der Waals surface area contributed by atoms with Crippen LogP contribution in [0.25, 0.3) is 0 Å². The average molecular weight is 471 g/mol. The first kappa shape index (κ1) is 25.7. The lowest BCUT2D eigenvalue weighted by atomic mass is 9.87. The molecule has 0 aromatic heterocycles. The molecule has 3 rings (SSSR count). The maximum Gasteiger partial charge on any atom is 0.261 e. The topological polar surface area (TPSA) is 67.9 Å². The van der Waals surface area contributed by atoms with Crippen LogP contribution in [0.4, 0.5) is 4.39 Å². The Morgan fingerprint density at radius 3 is 2.68 bits per heavy atom. The molecule has 0 saturated carbocycles. The van der Waals surface area contributed by atoms with E-state index in [-0.39, 0.29) is 23.5 Å². The molecule has 1 aliphatic heterocycles. The number of hydrogen-bond donors (Lipinski definition) is 1. The van der Waals surface area contributed by atoms with Crippen molar-refractivity contribution in [2.75, 3.05) is 26.8 Å². The number of methoxy groups -OCH3 is 1. The van der Waals surface area contributed by atoms with Crippen molar-refractivity contribution < 1.29 is 23.5 Å². The molecule has 1 N–H and O–H groups in total. The number of hydrogen-bond acceptors (Lipinski definition) is 4. The highest BCUT2D eigenvalue weighted by atomic mass is 19.1. The van der Waals surface area contributed by atoms with E-state index < -0.39 is 12.1 Å². The molecule has 2 aromatic rings. The molecule has 1 aliphatic rings. The molecule has 1 heterocycles. The van der Waals surface area contributed by atoms with Crippen LogP contribution < -0.4 is 10.1 Å². The van der Waals surface area contributed by atoms with E-state index in [0.717, 1.165) is 16.7 Å². The summed E-state index contributed by atoms with van der Waals surface area (Å²) in [5.41, 5.74) is 2.72. The minimum atomic E-state index is -0.648. The normalized spacial score (nSPS) is 16.2. The first-order valence-electron chi connectivity index (χ1n) is 11.9. The van der Waals surface area contributed by atoms with Crippen molar-refractivity contribution in [3.05, 3.63) is 65.0 Å². The summed E-state index contributed by atoms with van der Waals surface area (Å²) >= 11 is 0. The van der Waals surface area contributed by atoms with Gasteiger partial charge in [-0.1, -0.05) is 39.0 Å². The molecule has 0 unspecified atom stereocenters. The molecule has 0 aliphatic carbocycles. The van der Waals surface area contributed by atoms with Gasteiger partial charge in [0.25, 0.3) is 5.91 Å². The lowest BCUT2D eigenvalue weighted by Crippen LogP contribution is -2.41. The van der Waals surface area contributed by atoms with Crippen LogP contribution in [0.15, 0.2) is 42.5 Å². The fourth-order valence-electron chi connectivity index (χ4n) is 4.31. The second kappa shape index (κ2) is 12.0. The average Bonchev–Trinajstić information content (AvgIpc) is 2.81. The number of benzene rings is 2. The van der Waals surface area contributed by atoms with Crippen molar-refractivity contribution >= 4 is 11.8 Å². The van der Waals surface area contributed by atoms with Crippen LogP contribution >= 0.6 is 0 Å². The van der Waals surface area contributed by atoms with E-state index in [4.69, 9.17) is 9.47 Å². The van der Waals surface area contributed by atoms with Crippen molar-refractivity contribution in [2.45, 2.75) is 52.2 Å². The first-order valence-corrected chi connectivity index (χ1v) is 11.9. The molecular formula is C27H35FN2O4. The minimum absolute atomic E-state index is 0.0465. The molecule has 2 amide bonds. The van der Waals surface area contributed by atoms with Gasteiger partial charge in [-0.2, -0.15) is 0 Å².